The maximum atomic E-state index is 13.0. The summed E-state index contributed by atoms with van der Waals surface area (Å²) in [6, 6.07) is 13.1. The first-order valence-corrected chi connectivity index (χ1v) is 14.1. The summed E-state index contributed by atoms with van der Waals surface area (Å²) in [6.07, 6.45) is 3.39. The zero-order valence-electron chi connectivity index (χ0n) is 23.0. The number of nitrogens with one attached hydrogen (secondary N) is 1. The fraction of sp³-hybridized carbons (Fsp3) is 0.357. The number of anilines is 1. The Labute approximate surface area is 234 Å². The predicted octanol–water partition coefficient (Wildman–Crippen LogP) is 3.23. The molecule has 1 fully saturated rings. The highest BCUT2D eigenvalue weighted by atomic mass is 32.2. The molecule has 0 spiro atoms. The lowest BCUT2D eigenvalue weighted by Crippen LogP contribution is -2.35. The number of para-hydroxylation sites is 1. The minimum absolute atomic E-state index is 0.0613. The largest absolute Gasteiger partial charge is 0.495 e. The molecule has 12 heteroatoms. The Morgan fingerprint density at radius 3 is 2.40 bits per heavy atom. The highest BCUT2D eigenvalue weighted by Gasteiger charge is 2.27. The smallest absolute Gasteiger partial charge is 0.339 e. The van der Waals surface area contributed by atoms with Crippen molar-refractivity contribution in [2.45, 2.75) is 31.1 Å². The number of esters is 1. The number of ether oxygens (including phenoxy) is 2. The van der Waals surface area contributed by atoms with E-state index in [9.17, 15) is 22.8 Å². The van der Waals surface area contributed by atoms with Gasteiger partial charge in [-0.15, -0.1) is 0 Å². The summed E-state index contributed by atoms with van der Waals surface area (Å²) in [7, 11) is 1.10. The number of sulfonamides is 1. The van der Waals surface area contributed by atoms with Crippen LogP contribution in [0.3, 0.4) is 0 Å². The summed E-state index contributed by atoms with van der Waals surface area (Å²) in [5, 5.41) is 3.22. The van der Waals surface area contributed by atoms with E-state index in [0.717, 1.165) is 25.7 Å². The van der Waals surface area contributed by atoms with Crippen LogP contribution < -0.4 is 10.1 Å². The van der Waals surface area contributed by atoms with Crippen molar-refractivity contribution in [3.05, 3.63) is 59.8 Å². The molecule has 1 N–H and O–H groups in total. The first-order valence-electron chi connectivity index (χ1n) is 12.7. The van der Waals surface area contributed by atoms with Crippen LogP contribution in [-0.4, -0.2) is 81.8 Å². The first kappa shape index (κ1) is 30.5. The van der Waals surface area contributed by atoms with Gasteiger partial charge in [-0.3, -0.25) is 14.6 Å². The van der Waals surface area contributed by atoms with Crippen LogP contribution in [0.2, 0.25) is 0 Å². The maximum absolute atomic E-state index is 13.0. The van der Waals surface area contributed by atoms with E-state index in [2.05, 4.69) is 10.3 Å². The number of hydrogen-bond donors (Lipinski definition) is 1. The summed E-state index contributed by atoms with van der Waals surface area (Å²) in [4.78, 5) is 40.6. The van der Waals surface area contributed by atoms with Crippen molar-refractivity contribution in [1.29, 1.82) is 0 Å². The number of hydrogen-bond acceptors (Lipinski definition) is 8. The van der Waals surface area contributed by atoms with Crippen LogP contribution >= 0.6 is 0 Å². The molecule has 1 aromatic heterocycles. The van der Waals surface area contributed by atoms with E-state index in [1.165, 1.54) is 34.5 Å². The monoisotopic (exact) mass is 570 g/mol. The molecule has 214 valence electrons. The fourth-order valence-corrected chi connectivity index (χ4v) is 5.62. The molecule has 0 aliphatic carbocycles. The van der Waals surface area contributed by atoms with Gasteiger partial charge in [0.25, 0.3) is 5.91 Å². The Morgan fingerprint density at radius 1 is 1.07 bits per heavy atom. The number of pyridine rings is 1. The van der Waals surface area contributed by atoms with E-state index in [4.69, 9.17) is 9.47 Å². The number of amides is 2. The van der Waals surface area contributed by atoms with Gasteiger partial charge in [-0.2, -0.15) is 4.31 Å². The quantitative estimate of drug-likeness (QED) is 0.322. The van der Waals surface area contributed by atoms with Crippen LogP contribution in [0.25, 0.3) is 10.9 Å². The topological polar surface area (TPSA) is 135 Å². The standard InChI is InChI=1S/C25H27N3O6S.C3H7NO/c1-17-14-20(19-8-4-5-9-21(19)26-17)25(30)34-16-24(29)27-22-15-18(10-11-23(22)33-2)35(31,32)28-12-6-3-7-13-28;1-4(2)3-5/h4-5,8-11,14-15H,3,6-7,12-13,16H2,1-2H3,(H,27,29);3H,1-2H3. The van der Waals surface area contributed by atoms with E-state index in [1.807, 2.05) is 6.07 Å². The Kier molecular flexibility index (Phi) is 10.6. The van der Waals surface area contributed by atoms with E-state index in [0.29, 0.717) is 35.2 Å². The van der Waals surface area contributed by atoms with Gasteiger partial charge in [-0.25, -0.2) is 13.2 Å². The number of carbonyl (C=O) groups is 3. The zero-order valence-corrected chi connectivity index (χ0v) is 23.9. The maximum Gasteiger partial charge on any atom is 0.339 e. The molecular formula is C28H34N4O7S. The van der Waals surface area contributed by atoms with Crippen LogP contribution in [0.4, 0.5) is 5.69 Å². The van der Waals surface area contributed by atoms with Crippen LogP contribution in [0.15, 0.2) is 53.4 Å². The fourth-order valence-electron chi connectivity index (χ4n) is 4.07. The highest BCUT2D eigenvalue weighted by Crippen LogP contribution is 2.30. The molecule has 2 aromatic carbocycles. The van der Waals surface area contributed by atoms with Gasteiger partial charge in [-0.1, -0.05) is 24.6 Å². The third-order valence-electron chi connectivity index (χ3n) is 6.01. The molecule has 4 rings (SSSR count). The predicted molar refractivity (Wildman–Crippen MR) is 151 cm³/mol. The number of piperidine rings is 1. The molecule has 11 nitrogen and oxygen atoms in total. The summed E-state index contributed by atoms with van der Waals surface area (Å²) < 4.78 is 38.0. The molecule has 0 radical (unpaired) electrons. The van der Waals surface area contributed by atoms with Crippen molar-refractivity contribution in [3.63, 3.8) is 0 Å². The van der Waals surface area contributed by atoms with Gasteiger partial charge in [0.1, 0.15) is 5.75 Å². The van der Waals surface area contributed by atoms with Crippen molar-refractivity contribution in [3.8, 4) is 5.75 Å². The van der Waals surface area contributed by atoms with Crippen molar-refractivity contribution in [2.75, 3.05) is 46.2 Å². The van der Waals surface area contributed by atoms with Crippen molar-refractivity contribution in [2.24, 2.45) is 0 Å². The van der Waals surface area contributed by atoms with Crippen LogP contribution in [-0.2, 0) is 24.3 Å². The zero-order chi connectivity index (χ0) is 29.3. The molecule has 0 atom stereocenters. The second-order valence-corrected chi connectivity index (χ2v) is 11.3. The van der Waals surface area contributed by atoms with Gasteiger partial charge in [0, 0.05) is 38.3 Å². The first-order chi connectivity index (χ1) is 19.1. The SMILES string of the molecule is CN(C)C=O.COc1ccc(S(=O)(=O)N2CCCCC2)cc1NC(=O)COC(=O)c1cc(C)nc2ccccc12. The average Bonchev–Trinajstić information content (AvgIpc) is 2.96. The Morgan fingerprint density at radius 2 is 1.75 bits per heavy atom. The molecule has 0 saturated carbocycles. The molecule has 2 heterocycles. The van der Waals surface area contributed by atoms with Gasteiger partial charge < -0.3 is 19.7 Å². The number of benzene rings is 2. The number of rotatable bonds is 8. The third-order valence-corrected chi connectivity index (χ3v) is 7.90. The van der Waals surface area contributed by atoms with Crippen molar-refractivity contribution >= 4 is 44.9 Å². The molecular weight excluding hydrogens is 536 g/mol. The summed E-state index contributed by atoms with van der Waals surface area (Å²) >= 11 is 0. The molecule has 1 aliphatic rings. The molecule has 1 aliphatic heterocycles. The van der Waals surface area contributed by atoms with Crippen LogP contribution in [0, 0.1) is 6.92 Å². The molecule has 0 bridgehead atoms. The Bertz CT molecular complexity index is 1470. The van der Waals surface area contributed by atoms with Crippen molar-refractivity contribution < 1.29 is 32.3 Å². The van der Waals surface area contributed by atoms with E-state index >= 15 is 0 Å². The molecule has 3 aromatic rings. The molecule has 0 unspecified atom stereocenters. The summed E-state index contributed by atoms with van der Waals surface area (Å²) in [6.45, 7) is 2.15. The average molecular weight is 571 g/mol. The van der Waals surface area contributed by atoms with Gasteiger partial charge in [0.2, 0.25) is 16.4 Å². The van der Waals surface area contributed by atoms with Gasteiger partial charge in [0.05, 0.1) is 28.8 Å². The lowest BCUT2D eigenvalue weighted by molar-refractivity contribution is -0.119. The molecule has 1 saturated heterocycles. The normalized spacial score (nSPS) is 13.5. The van der Waals surface area contributed by atoms with Crippen LogP contribution in [0.5, 0.6) is 5.75 Å². The number of aryl methyl sites for hydroxylation is 1. The van der Waals surface area contributed by atoms with Gasteiger partial charge >= 0.3 is 5.97 Å². The van der Waals surface area contributed by atoms with Crippen molar-refractivity contribution in [1.82, 2.24) is 14.2 Å². The summed E-state index contributed by atoms with van der Waals surface area (Å²) in [5.41, 5.74) is 1.79. The van der Waals surface area contributed by atoms with Gasteiger partial charge in [-0.05, 0) is 50.1 Å². The number of fused-ring (bicyclic) bond motifs is 1. The highest BCUT2D eigenvalue weighted by molar-refractivity contribution is 7.89. The third kappa shape index (κ3) is 7.76. The lowest BCUT2D eigenvalue weighted by Gasteiger charge is -2.26. The number of carbonyl (C=O) groups excluding carboxylic acids is 3. The second-order valence-electron chi connectivity index (χ2n) is 9.35. The number of methoxy groups -OCH3 is 1. The Balaban J connectivity index is 0.000000810. The Hall–Kier alpha value is -4.03. The minimum atomic E-state index is -3.70. The number of nitrogens with zero attached hydrogens (tertiary/aromatic N) is 3. The second kappa shape index (κ2) is 13.9. The molecule has 40 heavy (non-hydrogen) atoms. The number of aromatic nitrogens is 1. The van der Waals surface area contributed by atoms with E-state index in [-0.39, 0.29) is 16.3 Å². The van der Waals surface area contributed by atoms with Gasteiger partial charge in [0.15, 0.2) is 6.61 Å². The minimum Gasteiger partial charge on any atom is -0.495 e. The summed E-state index contributed by atoms with van der Waals surface area (Å²) in [5.74, 6) is -0.993. The lowest BCUT2D eigenvalue weighted by atomic mass is 10.1. The van der Waals surface area contributed by atoms with Crippen LogP contribution in [0.1, 0.15) is 35.3 Å². The van der Waals surface area contributed by atoms with E-state index in [1.54, 1.807) is 45.3 Å². The molecule has 2 amide bonds. The van der Waals surface area contributed by atoms with E-state index < -0.39 is 28.5 Å².